The van der Waals surface area contributed by atoms with Crippen LogP contribution in [-0.2, 0) is 27.1 Å². The number of rotatable bonds is 3. The average molecular weight is 484 g/mol. The normalized spacial score (nSPS) is 36.8. The first-order valence-electron chi connectivity index (χ1n) is 13.5. The second kappa shape index (κ2) is 6.74. The summed E-state index contributed by atoms with van der Waals surface area (Å²) in [7, 11) is 0. The molecule has 4 fully saturated rings. The zero-order valence-corrected chi connectivity index (χ0v) is 24.3. The van der Waals surface area contributed by atoms with Crippen LogP contribution in [0.15, 0.2) is 17.7 Å². The molecule has 0 spiro atoms. The van der Waals surface area contributed by atoms with Crippen LogP contribution in [0.2, 0.25) is 23.6 Å². The van der Waals surface area contributed by atoms with Crippen molar-refractivity contribution >= 4 is 12.3 Å². The van der Waals surface area contributed by atoms with Gasteiger partial charge in [0, 0.05) is 0 Å². The van der Waals surface area contributed by atoms with Gasteiger partial charge in [0.15, 0.2) is 0 Å². The third kappa shape index (κ3) is 3.22. The molecule has 0 radical (unpaired) electrons. The molecule has 4 bridgehead atoms. The minimum absolute atomic E-state index is 0.433. The summed E-state index contributed by atoms with van der Waals surface area (Å²) in [5.74, 6) is 3.06. The van der Waals surface area contributed by atoms with Crippen LogP contribution >= 0.6 is 0 Å². The molecule has 0 aromatic heterocycles. The first kappa shape index (κ1) is 22.3. The summed E-state index contributed by atoms with van der Waals surface area (Å²) in [5.41, 5.74) is 9.15. The van der Waals surface area contributed by atoms with E-state index in [2.05, 4.69) is 62.5 Å². The predicted octanol–water partition coefficient (Wildman–Crippen LogP) is 7.78. The van der Waals surface area contributed by atoms with Gasteiger partial charge in [-0.25, -0.2) is 0 Å². The van der Waals surface area contributed by atoms with E-state index < -0.39 is 20.5 Å². The van der Waals surface area contributed by atoms with Crippen LogP contribution in [0.4, 0.5) is 0 Å². The Bertz CT molecular complexity index is 1070. The van der Waals surface area contributed by atoms with Crippen molar-refractivity contribution in [2.45, 2.75) is 105 Å². The number of hydrogen-bond donors (Lipinski definition) is 1. The second-order valence-corrected chi connectivity index (χ2v) is 37.0. The maximum atomic E-state index is 4.81. The molecule has 0 amide bonds. The van der Waals surface area contributed by atoms with Crippen molar-refractivity contribution in [3.63, 3.8) is 0 Å². The van der Waals surface area contributed by atoms with Crippen LogP contribution in [-0.4, -0.2) is 11.7 Å². The molecule has 0 saturated heterocycles. The molecule has 32 heavy (non-hydrogen) atoms. The van der Waals surface area contributed by atoms with Crippen molar-refractivity contribution < 1.29 is 14.3 Å². The summed E-state index contributed by atoms with van der Waals surface area (Å²) >= 11 is -3.08. The molecule has 6 aliphatic carbocycles. The van der Waals surface area contributed by atoms with Crippen molar-refractivity contribution in [1.82, 2.24) is 3.80 Å². The van der Waals surface area contributed by atoms with Gasteiger partial charge in [-0.1, -0.05) is 0 Å². The van der Waals surface area contributed by atoms with Crippen LogP contribution in [0.5, 0.6) is 0 Å². The van der Waals surface area contributed by atoms with E-state index in [4.69, 9.17) is 3.80 Å². The summed E-state index contributed by atoms with van der Waals surface area (Å²) in [6, 6.07) is 5.29. The molecule has 3 heteroatoms. The van der Waals surface area contributed by atoms with Gasteiger partial charge in [-0.05, 0) is 0 Å². The van der Waals surface area contributed by atoms with Crippen LogP contribution in [0.25, 0.3) is 6.08 Å². The van der Waals surface area contributed by atoms with Crippen LogP contribution in [0, 0.1) is 23.2 Å². The van der Waals surface area contributed by atoms with Gasteiger partial charge >= 0.3 is 199 Å². The topological polar surface area (TPSA) is 12.0 Å². The summed E-state index contributed by atoms with van der Waals surface area (Å²) in [6.07, 6.45) is 13.7. The molecule has 174 valence electrons. The van der Waals surface area contributed by atoms with E-state index in [-0.39, 0.29) is 0 Å². The molecular formula is C29H45NSiTi. The first-order chi connectivity index (χ1) is 14.9. The van der Waals surface area contributed by atoms with Gasteiger partial charge in [0.1, 0.15) is 0 Å². The molecule has 0 aliphatic heterocycles. The number of nitrogens with one attached hydrogen (secondary N) is 1. The third-order valence-corrected chi connectivity index (χ3v) is 36.1. The van der Waals surface area contributed by atoms with E-state index in [1.807, 2.05) is 0 Å². The Hall–Kier alpha value is -0.149. The standard InChI is InChI=1S/C15H17.C10H16N.C2H6Si.2CH3.Ti/c1-10-4-11-6-13-8-15(2,3)9-14(13)7-12(11)5-10;11-10-4-7-1-8(5-10)3-9(2-7)6-10;1-3-2;;;/h4-7H,8-9H2,1-3H3;7-9,11H,1-6H2;1-2H3;2*1H3;/q;-1;;;;+1. The fourth-order valence-electron chi connectivity index (χ4n) is 9.81. The summed E-state index contributed by atoms with van der Waals surface area (Å²) in [6.45, 7) is 12.7. The van der Waals surface area contributed by atoms with Crippen molar-refractivity contribution in [2.75, 3.05) is 0 Å². The molecule has 0 heterocycles. The first-order valence-corrected chi connectivity index (χ1v) is 23.1. The van der Waals surface area contributed by atoms with Crippen LogP contribution in [0.3, 0.4) is 0 Å². The second-order valence-electron chi connectivity index (χ2n) is 14.9. The van der Waals surface area contributed by atoms with Gasteiger partial charge in [-0.3, -0.25) is 0 Å². The molecule has 4 saturated carbocycles. The van der Waals surface area contributed by atoms with Gasteiger partial charge in [-0.15, -0.1) is 0 Å². The number of hydrogen-bond acceptors (Lipinski definition) is 1. The molecule has 6 aliphatic rings. The fraction of sp³-hybridized carbons (Fsp3) is 0.724. The van der Waals surface area contributed by atoms with Gasteiger partial charge in [0.05, 0.1) is 0 Å². The molecule has 7 rings (SSSR count). The SMILES string of the molecule is CC1=Cc2cc3c(cc2[CH]1[Ti]([CH3])([CH3])([NH]C12CC4CC(CC(C4)C1)C2)=[Si](C)C)CC(C)(C)C3. The monoisotopic (exact) mass is 483 g/mol. The van der Waals surface area contributed by atoms with Gasteiger partial charge < -0.3 is 0 Å². The van der Waals surface area contributed by atoms with Crippen molar-refractivity contribution in [3.05, 3.63) is 40.0 Å². The molecular weight excluding hydrogens is 438 g/mol. The average Bonchev–Trinajstić information content (AvgIpc) is 3.10. The Labute approximate surface area is 198 Å². The summed E-state index contributed by atoms with van der Waals surface area (Å²) in [5, 5.41) is 5.66. The van der Waals surface area contributed by atoms with E-state index >= 15 is 0 Å². The van der Waals surface area contributed by atoms with Crippen molar-refractivity contribution in [1.29, 1.82) is 0 Å². The number of allylic oxidation sites excluding steroid dienone is 1. The summed E-state index contributed by atoms with van der Waals surface area (Å²) < 4.78 is 5.50. The van der Waals surface area contributed by atoms with E-state index in [0.29, 0.717) is 15.2 Å². The molecule has 1 atom stereocenters. The van der Waals surface area contributed by atoms with Gasteiger partial charge in [0.25, 0.3) is 0 Å². The Morgan fingerprint density at radius 1 is 0.906 bits per heavy atom. The van der Waals surface area contributed by atoms with Crippen molar-refractivity contribution in [3.8, 4) is 0 Å². The summed E-state index contributed by atoms with van der Waals surface area (Å²) in [4.78, 5) is 0. The van der Waals surface area contributed by atoms with Crippen LogP contribution in [0.1, 0.15) is 85.8 Å². The Balaban J connectivity index is 1.45. The zero-order valence-electron chi connectivity index (χ0n) is 21.7. The van der Waals surface area contributed by atoms with E-state index in [0.717, 1.165) is 17.8 Å². The quantitative estimate of drug-likeness (QED) is 0.433. The van der Waals surface area contributed by atoms with E-state index in [1.165, 1.54) is 32.1 Å². The molecule has 1 aromatic rings. The predicted molar refractivity (Wildman–Crippen MR) is 137 cm³/mol. The van der Waals surface area contributed by atoms with Crippen LogP contribution < -0.4 is 3.80 Å². The zero-order chi connectivity index (χ0) is 22.7. The fourth-order valence-corrected chi connectivity index (χ4v) is 24.6. The number of fused-ring (bicyclic) bond motifs is 2. The Morgan fingerprint density at radius 2 is 1.44 bits per heavy atom. The number of benzene rings is 1. The third-order valence-electron chi connectivity index (χ3n) is 11.0. The molecule has 1 N–H and O–H groups in total. The van der Waals surface area contributed by atoms with Gasteiger partial charge in [-0.2, -0.15) is 0 Å². The molecule has 1 aromatic carbocycles. The molecule has 1 nitrogen and oxygen atoms in total. The van der Waals surface area contributed by atoms with Crippen molar-refractivity contribution in [2.24, 2.45) is 23.2 Å². The Morgan fingerprint density at radius 3 is 1.97 bits per heavy atom. The van der Waals surface area contributed by atoms with E-state index in [1.54, 1.807) is 47.1 Å². The maximum absolute atomic E-state index is 4.81. The minimum atomic E-state index is -3.08. The Kier molecular flexibility index (Phi) is 4.70. The molecule has 1 unspecified atom stereocenters. The van der Waals surface area contributed by atoms with E-state index in [9.17, 15) is 0 Å². The van der Waals surface area contributed by atoms with Gasteiger partial charge in [0.2, 0.25) is 0 Å².